The van der Waals surface area contributed by atoms with Crippen molar-refractivity contribution in [2.24, 2.45) is 0 Å². The van der Waals surface area contributed by atoms with Gasteiger partial charge in [-0.05, 0) is 43.3 Å². The van der Waals surface area contributed by atoms with E-state index in [9.17, 15) is 18.4 Å². The Morgan fingerprint density at radius 3 is 2.52 bits per heavy atom. The van der Waals surface area contributed by atoms with E-state index >= 15 is 0 Å². The van der Waals surface area contributed by atoms with Crippen LogP contribution in [-0.2, 0) is 9.53 Å². The van der Waals surface area contributed by atoms with Gasteiger partial charge in [-0.1, -0.05) is 12.1 Å². The number of anilines is 1. The molecule has 8 heteroatoms. The van der Waals surface area contributed by atoms with Gasteiger partial charge in [0.25, 0.3) is 5.91 Å². The van der Waals surface area contributed by atoms with Crippen molar-refractivity contribution in [1.82, 2.24) is 4.98 Å². The zero-order valence-electron chi connectivity index (χ0n) is 14.2. The SMILES string of the molecule is Cc1nc(-c2ccc(F)cc2)sc1C(=O)OCC(=O)Nc1ccccc1F. The molecule has 0 radical (unpaired) electrons. The monoisotopic (exact) mass is 388 g/mol. The number of nitrogens with one attached hydrogen (secondary N) is 1. The number of aryl methyl sites for hydroxylation is 1. The van der Waals surface area contributed by atoms with Gasteiger partial charge >= 0.3 is 5.97 Å². The molecular formula is C19H14F2N2O3S. The van der Waals surface area contributed by atoms with Crippen LogP contribution < -0.4 is 5.32 Å². The summed E-state index contributed by atoms with van der Waals surface area (Å²) in [6, 6.07) is 11.4. The minimum atomic E-state index is -0.706. The number of esters is 1. The van der Waals surface area contributed by atoms with Crippen LogP contribution in [0, 0.1) is 18.6 Å². The first kappa shape index (κ1) is 18.7. The lowest BCUT2D eigenvalue weighted by molar-refractivity contribution is -0.119. The molecule has 0 bridgehead atoms. The Balaban J connectivity index is 1.63. The summed E-state index contributed by atoms with van der Waals surface area (Å²) >= 11 is 1.08. The number of carbonyl (C=O) groups is 2. The first-order valence-corrected chi connectivity index (χ1v) is 8.70. The van der Waals surface area contributed by atoms with E-state index < -0.39 is 24.3 Å². The second-order valence-corrected chi connectivity index (χ2v) is 6.54. The Labute approximate surface area is 157 Å². The largest absolute Gasteiger partial charge is 0.451 e. The third kappa shape index (κ3) is 4.53. The number of aromatic nitrogens is 1. The molecule has 1 amide bonds. The van der Waals surface area contributed by atoms with Gasteiger partial charge in [-0.15, -0.1) is 11.3 Å². The number of ether oxygens (including phenoxy) is 1. The second-order valence-electron chi connectivity index (χ2n) is 5.54. The molecule has 1 N–H and O–H groups in total. The molecular weight excluding hydrogens is 374 g/mol. The predicted molar refractivity (Wildman–Crippen MR) is 97.6 cm³/mol. The molecule has 0 aliphatic rings. The molecule has 3 rings (SSSR count). The highest BCUT2D eigenvalue weighted by Gasteiger charge is 2.19. The summed E-state index contributed by atoms with van der Waals surface area (Å²) in [5.74, 6) is -2.32. The van der Waals surface area contributed by atoms with Crippen molar-refractivity contribution in [3.05, 3.63) is 70.7 Å². The van der Waals surface area contributed by atoms with E-state index in [1.165, 1.54) is 30.3 Å². The van der Waals surface area contributed by atoms with Crippen LogP contribution in [0.3, 0.4) is 0 Å². The van der Waals surface area contributed by atoms with Crippen LogP contribution in [0.25, 0.3) is 10.6 Å². The highest BCUT2D eigenvalue weighted by Crippen LogP contribution is 2.28. The van der Waals surface area contributed by atoms with E-state index in [0.29, 0.717) is 16.3 Å². The smallest absolute Gasteiger partial charge is 0.350 e. The number of rotatable bonds is 5. The summed E-state index contributed by atoms with van der Waals surface area (Å²) in [7, 11) is 0. The number of carbonyl (C=O) groups excluding carboxylic acids is 2. The summed E-state index contributed by atoms with van der Waals surface area (Å²) < 4.78 is 31.5. The summed E-state index contributed by atoms with van der Waals surface area (Å²) in [5, 5.41) is 2.87. The number of para-hydroxylation sites is 1. The molecule has 138 valence electrons. The van der Waals surface area contributed by atoms with Crippen LogP contribution in [0.15, 0.2) is 48.5 Å². The quantitative estimate of drug-likeness (QED) is 0.666. The zero-order chi connectivity index (χ0) is 19.4. The molecule has 27 heavy (non-hydrogen) atoms. The lowest BCUT2D eigenvalue weighted by atomic mass is 10.2. The van der Waals surface area contributed by atoms with Crippen molar-refractivity contribution in [2.75, 3.05) is 11.9 Å². The van der Waals surface area contributed by atoms with Crippen LogP contribution in [0.4, 0.5) is 14.5 Å². The minimum absolute atomic E-state index is 0.00566. The molecule has 0 spiro atoms. The van der Waals surface area contributed by atoms with Gasteiger partial charge in [0.1, 0.15) is 21.5 Å². The number of thiazole rings is 1. The van der Waals surface area contributed by atoms with Crippen molar-refractivity contribution in [3.8, 4) is 10.6 Å². The van der Waals surface area contributed by atoms with Crippen molar-refractivity contribution < 1.29 is 23.1 Å². The number of nitrogens with zero attached hydrogens (tertiary/aromatic N) is 1. The maximum absolute atomic E-state index is 13.5. The average Bonchev–Trinajstić information content (AvgIpc) is 3.04. The van der Waals surface area contributed by atoms with Crippen LogP contribution in [0.2, 0.25) is 0 Å². The first-order valence-electron chi connectivity index (χ1n) is 7.89. The van der Waals surface area contributed by atoms with E-state index in [4.69, 9.17) is 4.74 Å². The highest BCUT2D eigenvalue weighted by atomic mass is 32.1. The van der Waals surface area contributed by atoms with Gasteiger partial charge in [-0.25, -0.2) is 18.6 Å². The van der Waals surface area contributed by atoms with Crippen molar-refractivity contribution in [2.45, 2.75) is 6.92 Å². The normalized spacial score (nSPS) is 10.5. The van der Waals surface area contributed by atoms with Gasteiger partial charge in [0.05, 0.1) is 11.4 Å². The van der Waals surface area contributed by atoms with Gasteiger partial charge in [-0.2, -0.15) is 0 Å². The molecule has 2 aromatic carbocycles. The van der Waals surface area contributed by atoms with Crippen LogP contribution >= 0.6 is 11.3 Å². The van der Waals surface area contributed by atoms with Gasteiger partial charge in [0.2, 0.25) is 0 Å². The fourth-order valence-corrected chi connectivity index (χ4v) is 3.21. The average molecular weight is 388 g/mol. The standard InChI is InChI=1S/C19H14F2N2O3S/c1-11-17(27-18(22-11)12-6-8-13(20)9-7-12)19(25)26-10-16(24)23-15-5-3-2-4-14(15)21/h2-9H,10H2,1H3,(H,23,24). The number of amides is 1. The summed E-state index contributed by atoms with van der Waals surface area (Å²) in [6.45, 7) is 1.08. The van der Waals surface area contributed by atoms with Gasteiger partial charge < -0.3 is 10.1 Å². The van der Waals surface area contributed by atoms with E-state index in [1.54, 1.807) is 25.1 Å². The van der Waals surface area contributed by atoms with Crippen LogP contribution in [-0.4, -0.2) is 23.5 Å². The van der Waals surface area contributed by atoms with Crippen molar-refractivity contribution in [3.63, 3.8) is 0 Å². The van der Waals surface area contributed by atoms with Gasteiger partial charge in [0.15, 0.2) is 6.61 Å². The number of hydrogen-bond acceptors (Lipinski definition) is 5. The molecule has 1 aromatic heterocycles. The third-order valence-electron chi connectivity index (χ3n) is 3.56. The molecule has 1 heterocycles. The Kier molecular flexibility index (Phi) is 5.56. The molecule has 0 aliphatic heterocycles. The summed E-state index contributed by atoms with van der Waals surface area (Å²) in [4.78, 5) is 28.6. The van der Waals surface area contributed by atoms with E-state index in [2.05, 4.69) is 10.3 Å². The molecule has 5 nitrogen and oxygen atoms in total. The van der Waals surface area contributed by atoms with E-state index in [1.807, 2.05) is 0 Å². The number of hydrogen-bond donors (Lipinski definition) is 1. The van der Waals surface area contributed by atoms with E-state index in [-0.39, 0.29) is 16.4 Å². The van der Waals surface area contributed by atoms with Crippen LogP contribution in [0.5, 0.6) is 0 Å². The Hall–Kier alpha value is -3.13. The van der Waals surface area contributed by atoms with Crippen molar-refractivity contribution in [1.29, 1.82) is 0 Å². The summed E-state index contributed by atoms with van der Waals surface area (Å²) in [6.07, 6.45) is 0. The maximum Gasteiger partial charge on any atom is 0.350 e. The summed E-state index contributed by atoms with van der Waals surface area (Å²) in [5.41, 5.74) is 1.12. The fourth-order valence-electron chi connectivity index (χ4n) is 2.25. The molecule has 0 saturated heterocycles. The van der Waals surface area contributed by atoms with Crippen molar-refractivity contribution >= 4 is 28.9 Å². The fraction of sp³-hybridized carbons (Fsp3) is 0.105. The molecule has 0 unspecified atom stereocenters. The Morgan fingerprint density at radius 2 is 1.81 bits per heavy atom. The predicted octanol–water partition coefficient (Wildman–Crippen LogP) is 4.19. The minimum Gasteiger partial charge on any atom is -0.451 e. The number of halogens is 2. The highest BCUT2D eigenvalue weighted by molar-refractivity contribution is 7.17. The molecule has 0 atom stereocenters. The first-order chi connectivity index (χ1) is 12.9. The Bertz CT molecular complexity index is 987. The molecule has 0 saturated carbocycles. The van der Waals surface area contributed by atoms with E-state index in [0.717, 1.165) is 11.3 Å². The maximum atomic E-state index is 13.5. The third-order valence-corrected chi connectivity index (χ3v) is 4.74. The lowest BCUT2D eigenvalue weighted by Crippen LogP contribution is -2.21. The molecule has 3 aromatic rings. The number of benzene rings is 2. The molecule has 0 fully saturated rings. The Morgan fingerprint density at radius 1 is 1.11 bits per heavy atom. The molecule has 0 aliphatic carbocycles. The topological polar surface area (TPSA) is 68.3 Å². The zero-order valence-corrected chi connectivity index (χ0v) is 15.0. The van der Waals surface area contributed by atoms with Gasteiger partial charge in [-0.3, -0.25) is 4.79 Å². The lowest BCUT2D eigenvalue weighted by Gasteiger charge is -2.06. The van der Waals surface area contributed by atoms with Crippen LogP contribution in [0.1, 0.15) is 15.4 Å². The van der Waals surface area contributed by atoms with Gasteiger partial charge in [0, 0.05) is 5.56 Å². The second kappa shape index (κ2) is 8.05.